The van der Waals surface area contributed by atoms with Gasteiger partial charge in [0.05, 0.1) is 6.61 Å². The highest BCUT2D eigenvalue weighted by molar-refractivity contribution is 14.0. The fourth-order valence-corrected chi connectivity index (χ4v) is 3.31. The van der Waals surface area contributed by atoms with Crippen LogP contribution in [0.2, 0.25) is 0 Å². The summed E-state index contributed by atoms with van der Waals surface area (Å²) in [6.45, 7) is 8.07. The standard InChI is InChI=1S/C17H32N4OS.HI/c1-14(13-16-8-7-15(2)23-16)20-17(18-3)19-9-6-10-21(4)11-12-22-5;/h7-8,14H,6,9-13H2,1-5H3,(H2,18,19,20);1H. The zero-order chi connectivity index (χ0) is 17.1. The highest BCUT2D eigenvalue weighted by Gasteiger charge is 2.07. The molecule has 0 aliphatic rings. The number of rotatable bonds is 10. The Morgan fingerprint density at radius 1 is 1.38 bits per heavy atom. The number of ether oxygens (including phenoxy) is 1. The molecular formula is C17H33IN4OS. The van der Waals surface area contributed by atoms with E-state index >= 15 is 0 Å². The lowest BCUT2D eigenvalue weighted by atomic mass is 10.2. The molecule has 1 aromatic heterocycles. The Hall–Kier alpha value is -0.380. The molecule has 0 aliphatic heterocycles. The number of aliphatic imine (C=N–C) groups is 1. The quantitative estimate of drug-likeness (QED) is 0.240. The second kappa shape index (κ2) is 13.9. The van der Waals surface area contributed by atoms with Crippen LogP contribution in [-0.2, 0) is 11.2 Å². The molecule has 0 aromatic carbocycles. The van der Waals surface area contributed by atoms with Gasteiger partial charge in [0.15, 0.2) is 5.96 Å². The van der Waals surface area contributed by atoms with E-state index in [1.54, 1.807) is 7.11 Å². The molecule has 2 N–H and O–H groups in total. The molecular weight excluding hydrogens is 435 g/mol. The summed E-state index contributed by atoms with van der Waals surface area (Å²) >= 11 is 1.87. The SMILES string of the molecule is CN=C(NCCCN(C)CCOC)NC(C)Cc1ccc(C)s1.I. The van der Waals surface area contributed by atoms with Crippen LogP contribution in [0, 0.1) is 6.92 Å². The molecule has 0 saturated heterocycles. The van der Waals surface area contributed by atoms with Crippen molar-refractivity contribution in [2.24, 2.45) is 4.99 Å². The van der Waals surface area contributed by atoms with Crippen molar-refractivity contribution in [1.82, 2.24) is 15.5 Å². The predicted octanol–water partition coefficient (Wildman–Crippen LogP) is 2.74. The zero-order valence-corrected chi connectivity index (χ0v) is 18.7. The molecule has 24 heavy (non-hydrogen) atoms. The van der Waals surface area contributed by atoms with Crippen LogP contribution < -0.4 is 10.6 Å². The molecule has 1 aromatic rings. The van der Waals surface area contributed by atoms with Gasteiger partial charge in [0.2, 0.25) is 0 Å². The van der Waals surface area contributed by atoms with Crippen LogP contribution >= 0.6 is 35.3 Å². The Balaban J connectivity index is 0.00000529. The third-order valence-electron chi connectivity index (χ3n) is 3.60. The number of likely N-dealkylation sites (N-methyl/N-ethyl adjacent to an activating group) is 1. The number of nitrogens with one attached hydrogen (secondary N) is 2. The van der Waals surface area contributed by atoms with Gasteiger partial charge in [-0.25, -0.2) is 0 Å². The van der Waals surface area contributed by atoms with E-state index in [2.05, 4.69) is 53.6 Å². The minimum absolute atomic E-state index is 0. The first-order valence-corrected chi connectivity index (χ1v) is 9.06. The molecule has 0 saturated carbocycles. The summed E-state index contributed by atoms with van der Waals surface area (Å²) < 4.78 is 5.08. The van der Waals surface area contributed by atoms with Gasteiger partial charge >= 0.3 is 0 Å². The third kappa shape index (κ3) is 10.5. The summed E-state index contributed by atoms with van der Waals surface area (Å²) in [5, 5.41) is 6.85. The molecule has 0 spiro atoms. The van der Waals surface area contributed by atoms with E-state index in [0.717, 1.165) is 45.0 Å². The highest BCUT2D eigenvalue weighted by atomic mass is 127. The molecule has 1 heterocycles. The van der Waals surface area contributed by atoms with E-state index in [1.165, 1.54) is 9.75 Å². The summed E-state index contributed by atoms with van der Waals surface area (Å²) in [4.78, 5) is 9.37. The van der Waals surface area contributed by atoms with E-state index in [-0.39, 0.29) is 24.0 Å². The van der Waals surface area contributed by atoms with Gasteiger partial charge in [-0.1, -0.05) is 0 Å². The van der Waals surface area contributed by atoms with Crippen LogP contribution in [0.4, 0.5) is 0 Å². The van der Waals surface area contributed by atoms with Crippen molar-refractivity contribution in [3.8, 4) is 0 Å². The zero-order valence-electron chi connectivity index (χ0n) is 15.6. The van der Waals surface area contributed by atoms with Gasteiger partial charge in [-0.3, -0.25) is 4.99 Å². The molecule has 1 atom stereocenters. The van der Waals surface area contributed by atoms with E-state index in [1.807, 2.05) is 18.4 Å². The Kier molecular flexibility index (Phi) is 13.6. The van der Waals surface area contributed by atoms with Crippen molar-refractivity contribution in [3.63, 3.8) is 0 Å². The van der Waals surface area contributed by atoms with Crippen molar-refractivity contribution in [1.29, 1.82) is 0 Å². The molecule has 0 amide bonds. The molecule has 0 radical (unpaired) electrons. The first kappa shape index (κ1) is 23.6. The average Bonchev–Trinajstić information content (AvgIpc) is 2.93. The van der Waals surface area contributed by atoms with Crippen molar-refractivity contribution in [2.75, 3.05) is 47.4 Å². The maximum absolute atomic E-state index is 5.08. The second-order valence-corrected chi connectivity index (χ2v) is 7.28. The Bertz CT molecular complexity index is 467. The Morgan fingerprint density at radius 3 is 2.71 bits per heavy atom. The van der Waals surface area contributed by atoms with Gasteiger partial charge in [0.1, 0.15) is 0 Å². The number of thiophene rings is 1. The lowest BCUT2D eigenvalue weighted by Gasteiger charge is -2.19. The first-order chi connectivity index (χ1) is 11.0. The number of hydrogen-bond donors (Lipinski definition) is 2. The minimum atomic E-state index is 0. The van der Waals surface area contributed by atoms with Crippen LogP contribution in [0.3, 0.4) is 0 Å². The molecule has 0 fully saturated rings. The monoisotopic (exact) mass is 468 g/mol. The van der Waals surface area contributed by atoms with Gasteiger partial charge in [-0.2, -0.15) is 0 Å². The van der Waals surface area contributed by atoms with Crippen molar-refractivity contribution in [2.45, 2.75) is 32.7 Å². The second-order valence-electron chi connectivity index (χ2n) is 5.91. The molecule has 5 nitrogen and oxygen atoms in total. The lowest BCUT2D eigenvalue weighted by molar-refractivity contribution is 0.161. The van der Waals surface area contributed by atoms with Gasteiger partial charge in [0, 0.05) is 49.5 Å². The molecule has 1 unspecified atom stereocenters. The van der Waals surface area contributed by atoms with E-state index in [4.69, 9.17) is 4.74 Å². The van der Waals surface area contributed by atoms with E-state index < -0.39 is 0 Å². The third-order valence-corrected chi connectivity index (χ3v) is 4.62. The molecule has 140 valence electrons. The van der Waals surface area contributed by atoms with E-state index in [9.17, 15) is 0 Å². The maximum atomic E-state index is 5.08. The number of guanidine groups is 1. The highest BCUT2D eigenvalue weighted by Crippen LogP contribution is 2.16. The topological polar surface area (TPSA) is 48.9 Å². The van der Waals surface area contributed by atoms with Gasteiger partial charge in [0.25, 0.3) is 0 Å². The minimum Gasteiger partial charge on any atom is -0.383 e. The fraction of sp³-hybridized carbons (Fsp3) is 0.706. The smallest absolute Gasteiger partial charge is 0.191 e. The normalized spacial score (nSPS) is 12.8. The summed E-state index contributed by atoms with van der Waals surface area (Å²) in [6.07, 6.45) is 2.11. The van der Waals surface area contributed by atoms with Crippen LogP contribution in [0.1, 0.15) is 23.1 Å². The largest absolute Gasteiger partial charge is 0.383 e. The molecule has 7 heteroatoms. The number of methoxy groups -OCH3 is 1. The molecule has 1 rings (SSSR count). The summed E-state index contributed by atoms with van der Waals surface area (Å²) in [5.74, 6) is 0.880. The Morgan fingerprint density at radius 2 is 2.12 bits per heavy atom. The predicted molar refractivity (Wildman–Crippen MR) is 116 cm³/mol. The summed E-state index contributed by atoms with van der Waals surface area (Å²) in [7, 11) is 5.68. The maximum Gasteiger partial charge on any atom is 0.191 e. The molecule has 0 bridgehead atoms. The van der Waals surface area contributed by atoms with Crippen molar-refractivity contribution in [3.05, 3.63) is 21.9 Å². The van der Waals surface area contributed by atoms with Gasteiger partial charge in [-0.15, -0.1) is 35.3 Å². The van der Waals surface area contributed by atoms with Gasteiger partial charge in [-0.05, 0) is 46.0 Å². The van der Waals surface area contributed by atoms with Crippen molar-refractivity contribution < 1.29 is 4.74 Å². The average molecular weight is 468 g/mol. The number of nitrogens with zero attached hydrogens (tertiary/aromatic N) is 2. The van der Waals surface area contributed by atoms with Crippen LogP contribution in [0.5, 0.6) is 0 Å². The summed E-state index contributed by atoms with van der Waals surface area (Å²) in [5.41, 5.74) is 0. The Labute approximate surface area is 168 Å². The number of hydrogen-bond acceptors (Lipinski definition) is 4. The van der Waals surface area contributed by atoms with Gasteiger partial charge < -0.3 is 20.3 Å². The van der Waals surface area contributed by atoms with Crippen molar-refractivity contribution >= 4 is 41.3 Å². The number of aryl methyl sites for hydroxylation is 1. The summed E-state index contributed by atoms with van der Waals surface area (Å²) in [6, 6.07) is 4.76. The van der Waals surface area contributed by atoms with Crippen LogP contribution in [0.15, 0.2) is 17.1 Å². The fourth-order valence-electron chi connectivity index (χ4n) is 2.29. The first-order valence-electron chi connectivity index (χ1n) is 8.25. The van der Waals surface area contributed by atoms with E-state index in [0.29, 0.717) is 6.04 Å². The lowest BCUT2D eigenvalue weighted by Crippen LogP contribution is -2.43. The number of halogens is 1. The molecule has 0 aliphatic carbocycles. The van der Waals surface area contributed by atoms with Crippen LogP contribution in [-0.4, -0.2) is 64.3 Å². The van der Waals surface area contributed by atoms with Crippen LogP contribution in [0.25, 0.3) is 0 Å².